The van der Waals surface area contributed by atoms with Crippen molar-refractivity contribution >= 4 is 11.9 Å². The molecule has 1 saturated heterocycles. The molecule has 1 aliphatic heterocycles. The molecule has 0 aromatic heterocycles. The van der Waals surface area contributed by atoms with Crippen LogP contribution in [0.15, 0.2) is 48.5 Å². The molecule has 2 aromatic rings. The lowest BCUT2D eigenvalue weighted by Gasteiger charge is -2.44. The number of halogens is 1. The summed E-state index contributed by atoms with van der Waals surface area (Å²) < 4.78 is 18.9. The maximum atomic E-state index is 13.1. The van der Waals surface area contributed by atoms with Crippen LogP contribution in [0.1, 0.15) is 31.4 Å². The van der Waals surface area contributed by atoms with Crippen LogP contribution in [0.3, 0.4) is 0 Å². The van der Waals surface area contributed by atoms with Crippen molar-refractivity contribution in [2.75, 3.05) is 19.7 Å². The van der Waals surface area contributed by atoms with Crippen LogP contribution >= 0.6 is 0 Å². The molecule has 166 valence electrons. The monoisotopic (exact) mass is 428 g/mol. The van der Waals surface area contributed by atoms with Crippen molar-refractivity contribution in [3.8, 4) is 5.75 Å². The standard InChI is InChI=1S/C24H29FN2O4/c1-17-14-27(18(2)13-26(17)15-19-7-10-21(25)11-8-19)23(28)16-31-22-6-4-3-5-20(22)9-12-24(29)30/h3-8,10-11,17-18H,9,12-16H2,1-2H3,(H,29,30)/t17-,18+/m0/s1. The molecule has 2 aromatic carbocycles. The molecule has 6 nitrogen and oxygen atoms in total. The quantitative estimate of drug-likeness (QED) is 0.698. The van der Waals surface area contributed by atoms with Gasteiger partial charge in [-0.25, -0.2) is 4.39 Å². The molecular formula is C24H29FN2O4. The smallest absolute Gasteiger partial charge is 0.303 e. The number of ether oxygens (including phenoxy) is 1. The van der Waals surface area contributed by atoms with Crippen LogP contribution in [-0.2, 0) is 22.6 Å². The van der Waals surface area contributed by atoms with E-state index in [1.165, 1.54) is 12.1 Å². The van der Waals surface area contributed by atoms with Crippen LogP contribution in [0.25, 0.3) is 0 Å². The number of carboxylic acids is 1. The summed E-state index contributed by atoms with van der Waals surface area (Å²) in [6, 6.07) is 13.9. The summed E-state index contributed by atoms with van der Waals surface area (Å²) in [5, 5.41) is 8.91. The zero-order valence-electron chi connectivity index (χ0n) is 18.0. The number of carbonyl (C=O) groups is 2. The Morgan fingerprint density at radius 3 is 2.48 bits per heavy atom. The topological polar surface area (TPSA) is 70.1 Å². The highest BCUT2D eigenvalue weighted by Gasteiger charge is 2.32. The highest BCUT2D eigenvalue weighted by atomic mass is 19.1. The molecule has 3 rings (SSSR count). The number of amides is 1. The van der Waals surface area contributed by atoms with Gasteiger partial charge in [0, 0.05) is 38.1 Å². The maximum absolute atomic E-state index is 13.1. The summed E-state index contributed by atoms with van der Waals surface area (Å²) in [4.78, 5) is 27.8. The van der Waals surface area contributed by atoms with Crippen LogP contribution in [0.2, 0.25) is 0 Å². The number of carbonyl (C=O) groups excluding carboxylic acids is 1. The van der Waals surface area contributed by atoms with Crippen LogP contribution in [0.5, 0.6) is 5.75 Å². The van der Waals surface area contributed by atoms with Gasteiger partial charge in [-0.05, 0) is 49.6 Å². The Labute approximate surface area is 182 Å². The van der Waals surface area contributed by atoms with Crippen LogP contribution in [0.4, 0.5) is 4.39 Å². The predicted octanol–water partition coefficient (Wildman–Crippen LogP) is 3.34. The van der Waals surface area contributed by atoms with Gasteiger partial charge >= 0.3 is 5.97 Å². The summed E-state index contributed by atoms with van der Waals surface area (Å²) >= 11 is 0. The Hall–Kier alpha value is -2.93. The van der Waals surface area contributed by atoms with Crippen LogP contribution in [-0.4, -0.2) is 58.6 Å². The number of para-hydroxylation sites is 1. The molecular weight excluding hydrogens is 399 g/mol. The number of hydrogen-bond acceptors (Lipinski definition) is 4. The second-order valence-electron chi connectivity index (χ2n) is 8.09. The summed E-state index contributed by atoms with van der Waals surface area (Å²) in [5.74, 6) is -0.654. The normalized spacial score (nSPS) is 19.3. The zero-order chi connectivity index (χ0) is 22.4. The van der Waals surface area contributed by atoms with Gasteiger partial charge in [0.1, 0.15) is 11.6 Å². The number of aliphatic carboxylic acids is 1. The Balaban J connectivity index is 1.56. The third-order valence-corrected chi connectivity index (χ3v) is 5.67. The molecule has 1 fully saturated rings. The number of benzene rings is 2. The van der Waals surface area contributed by atoms with Crippen molar-refractivity contribution in [3.63, 3.8) is 0 Å². The minimum atomic E-state index is -0.868. The lowest BCUT2D eigenvalue weighted by Crippen LogP contribution is -2.58. The molecule has 0 saturated carbocycles. The van der Waals surface area contributed by atoms with Gasteiger partial charge in [0.15, 0.2) is 6.61 Å². The lowest BCUT2D eigenvalue weighted by molar-refractivity contribution is -0.139. The molecule has 1 aliphatic rings. The molecule has 1 heterocycles. The second kappa shape index (κ2) is 10.4. The van der Waals surface area contributed by atoms with E-state index in [2.05, 4.69) is 11.8 Å². The van der Waals surface area contributed by atoms with E-state index in [9.17, 15) is 14.0 Å². The van der Waals surface area contributed by atoms with Gasteiger partial charge in [-0.15, -0.1) is 0 Å². The molecule has 1 amide bonds. The van der Waals surface area contributed by atoms with Gasteiger partial charge in [0.05, 0.1) is 0 Å². The van der Waals surface area contributed by atoms with E-state index in [1.54, 1.807) is 18.2 Å². The average Bonchev–Trinajstić information content (AvgIpc) is 2.75. The number of hydrogen-bond donors (Lipinski definition) is 1. The molecule has 0 spiro atoms. The van der Waals surface area contributed by atoms with Crippen molar-refractivity contribution in [1.82, 2.24) is 9.80 Å². The van der Waals surface area contributed by atoms with E-state index >= 15 is 0 Å². The first-order valence-corrected chi connectivity index (χ1v) is 10.5. The van der Waals surface area contributed by atoms with Gasteiger partial charge in [-0.2, -0.15) is 0 Å². The minimum Gasteiger partial charge on any atom is -0.483 e. The van der Waals surface area contributed by atoms with E-state index in [1.807, 2.05) is 30.0 Å². The summed E-state index contributed by atoms with van der Waals surface area (Å²) in [7, 11) is 0. The van der Waals surface area contributed by atoms with Crippen molar-refractivity contribution in [3.05, 3.63) is 65.5 Å². The van der Waals surface area contributed by atoms with Crippen molar-refractivity contribution in [2.24, 2.45) is 0 Å². The van der Waals surface area contributed by atoms with E-state index < -0.39 is 5.97 Å². The third-order valence-electron chi connectivity index (χ3n) is 5.67. The number of rotatable bonds is 8. The number of carboxylic acid groups (broad SMARTS) is 1. The average molecular weight is 429 g/mol. The fraction of sp³-hybridized carbons (Fsp3) is 0.417. The Kier molecular flexibility index (Phi) is 7.63. The van der Waals surface area contributed by atoms with E-state index in [0.717, 1.165) is 17.7 Å². The summed E-state index contributed by atoms with van der Waals surface area (Å²) in [6.45, 7) is 6.03. The minimum absolute atomic E-state index is 0.0128. The van der Waals surface area contributed by atoms with E-state index in [4.69, 9.17) is 9.84 Å². The number of aryl methyl sites for hydroxylation is 1. The van der Waals surface area contributed by atoms with Gasteiger partial charge in [0.25, 0.3) is 5.91 Å². The van der Waals surface area contributed by atoms with Gasteiger partial charge in [0.2, 0.25) is 0 Å². The predicted molar refractivity (Wildman–Crippen MR) is 115 cm³/mol. The molecule has 0 radical (unpaired) electrons. The molecule has 31 heavy (non-hydrogen) atoms. The van der Waals surface area contributed by atoms with E-state index in [-0.39, 0.29) is 36.8 Å². The fourth-order valence-corrected chi connectivity index (χ4v) is 3.91. The molecule has 0 unspecified atom stereocenters. The second-order valence-corrected chi connectivity index (χ2v) is 8.09. The zero-order valence-corrected chi connectivity index (χ0v) is 18.0. The van der Waals surface area contributed by atoms with Crippen molar-refractivity contribution < 1.29 is 23.8 Å². The number of piperazine rings is 1. The van der Waals surface area contributed by atoms with Gasteiger partial charge < -0.3 is 14.7 Å². The van der Waals surface area contributed by atoms with Gasteiger partial charge in [-0.3, -0.25) is 14.5 Å². The maximum Gasteiger partial charge on any atom is 0.303 e. The first-order valence-electron chi connectivity index (χ1n) is 10.5. The summed E-state index contributed by atoms with van der Waals surface area (Å²) in [6.07, 6.45) is 0.369. The molecule has 2 atom stereocenters. The first-order chi connectivity index (χ1) is 14.8. The van der Waals surface area contributed by atoms with Crippen LogP contribution < -0.4 is 4.74 Å². The SMILES string of the molecule is C[C@@H]1CN(Cc2ccc(F)cc2)[C@@H](C)CN1C(=O)COc1ccccc1CCC(=O)O. The highest BCUT2D eigenvalue weighted by Crippen LogP contribution is 2.22. The van der Waals surface area contributed by atoms with Crippen molar-refractivity contribution in [2.45, 2.75) is 45.3 Å². The number of nitrogens with zero attached hydrogens (tertiary/aromatic N) is 2. The fourth-order valence-electron chi connectivity index (χ4n) is 3.91. The molecule has 0 aliphatic carbocycles. The molecule has 0 bridgehead atoms. The lowest BCUT2D eigenvalue weighted by atomic mass is 10.1. The van der Waals surface area contributed by atoms with Crippen LogP contribution in [0, 0.1) is 5.82 Å². The van der Waals surface area contributed by atoms with Gasteiger partial charge in [-0.1, -0.05) is 30.3 Å². The highest BCUT2D eigenvalue weighted by molar-refractivity contribution is 5.78. The Morgan fingerprint density at radius 2 is 1.77 bits per heavy atom. The van der Waals surface area contributed by atoms with Crippen molar-refractivity contribution in [1.29, 1.82) is 0 Å². The Bertz CT molecular complexity index is 903. The van der Waals surface area contributed by atoms with E-state index in [0.29, 0.717) is 25.3 Å². The molecule has 7 heteroatoms. The largest absolute Gasteiger partial charge is 0.483 e. The summed E-state index contributed by atoms with van der Waals surface area (Å²) in [5.41, 5.74) is 1.82. The Morgan fingerprint density at radius 1 is 1.06 bits per heavy atom. The first kappa shape index (κ1) is 22.7. The third kappa shape index (κ3) is 6.28. The molecule has 1 N–H and O–H groups in total.